The lowest BCUT2D eigenvalue weighted by Crippen LogP contribution is -2.29. The summed E-state index contributed by atoms with van der Waals surface area (Å²) in [5, 5.41) is 3.43. The zero-order chi connectivity index (χ0) is 11.5. The summed E-state index contributed by atoms with van der Waals surface area (Å²) in [4.78, 5) is 2.18. The molecule has 1 aromatic rings. The van der Waals surface area contributed by atoms with Crippen LogP contribution in [0.4, 0.5) is 10.1 Å². The molecule has 1 aliphatic rings. The minimum absolute atomic E-state index is 0.153. The Balaban J connectivity index is 1.99. The van der Waals surface area contributed by atoms with E-state index in [9.17, 15) is 4.39 Å². The van der Waals surface area contributed by atoms with Gasteiger partial charge in [-0.25, -0.2) is 4.39 Å². The van der Waals surface area contributed by atoms with Crippen LogP contribution in [0.3, 0.4) is 0 Å². The Morgan fingerprint density at radius 1 is 1.44 bits per heavy atom. The van der Waals surface area contributed by atoms with Gasteiger partial charge in [0.25, 0.3) is 0 Å². The molecule has 1 atom stereocenters. The SMILES string of the molecule is CN(C)CCC1CCc2ccc(F)cc2N1. The molecule has 1 heterocycles. The number of anilines is 1. The predicted octanol–water partition coefficient (Wildman–Crippen LogP) is 2.50. The quantitative estimate of drug-likeness (QED) is 0.845. The van der Waals surface area contributed by atoms with Gasteiger partial charge in [0.2, 0.25) is 0 Å². The summed E-state index contributed by atoms with van der Waals surface area (Å²) in [6.07, 6.45) is 3.32. The molecule has 0 bridgehead atoms. The summed E-state index contributed by atoms with van der Waals surface area (Å²) >= 11 is 0. The smallest absolute Gasteiger partial charge is 0.125 e. The second-order valence-corrected chi connectivity index (χ2v) is 4.77. The lowest BCUT2D eigenvalue weighted by Gasteiger charge is -2.28. The number of hydrogen-bond acceptors (Lipinski definition) is 2. The van der Waals surface area contributed by atoms with Crippen LogP contribution in [0.25, 0.3) is 0 Å². The van der Waals surface area contributed by atoms with Gasteiger partial charge in [-0.1, -0.05) is 6.07 Å². The molecule has 2 rings (SSSR count). The number of aryl methyl sites for hydroxylation is 1. The van der Waals surface area contributed by atoms with E-state index in [0.29, 0.717) is 6.04 Å². The van der Waals surface area contributed by atoms with Crippen LogP contribution < -0.4 is 5.32 Å². The predicted molar refractivity (Wildman–Crippen MR) is 65.3 cm³/mol. The van der Waals surface area contributed by atoms with E-state index in [4.69, 9.17) is 0 Å². The van der Waals surface area contributed by atoms with E-state index in [1.54, 1.807) is 12.1 Å². The maximum atomic E-state index is 13.1. The fraction of sp³-hybridized carbons (Fsp3) is 0.538. The van der Waals surface area contributed by atoms with Gasteiger partial charge in [-0.3, -0.25) is 0 Å². The molecule has 0 amide bonds. The number of nitrogens with zero attached hydrogens (tertiary/aromatic N) is 1. The highest BCUT2D eigenvalue weighted by Crippen LogP contribution is 2.26. The summed E-state index contributed by atoms with van der Waals surface area (Å²) in [6, 6.07) is 5.52. The molecule has 1 N–H and O–H groups in total. The van der Waals surface area contributed by atoms with E-state index in [2.05, 4.69) is 24.3 Å². The maximum Gasteiger partial charge on any atom is 0.125 e. The van der Waals surface area contributed by atoms with Crippen molar-refractivity contribution in [3.8, 4) is 0 Å². The molecule has 1 aromatic carbocycles. The normalized spacial score (nSPS) is 19.4. The van der Waals surface area contributed by atoms with Gasteiger partial charge in [-0.05, 0) is 57.6 Å². The second-order valence-electron chi connectivity index (χ2n) is 4.77. The topological polar surface area (TPSA) is 15.3 Å². The summed E-state index contributed by atoms with van der Waals surface area (Å²) < 4.78 is 13.1. The van der Waals surface area contributed by atoms with Gasteiger partial charge in [0.1, 0.15) is 5.82 Å². The molecule has 88 valence electrons. The van der Waals surface area contributed by atoms with Crippen molar-refractivity contribution in [2.24, 2.45) is 0 Å². The molecule has 16 heavy (non-hydrogen) atoms. The third-order valence-corrected chi connectivity index (χ3v) is 3.12. The number of fused-ring (bicyclic) bond motifs is 1. The third-order valence-electron chi connectivity index (χ3n) is 3.12. The molecule has 0 saturated carbocycles. The molecule has 1 unspecified atom stereocenters. The van der Waals surface area contributed by atoms with Gasteiger partial charge in [-0.15, -0.1) is 0 Å². The average molecular weight is 222 g/mol. The van der Waals surface area contributed by atoms with Gasteiger partial charge in [0.05, 0.1) is 0 Å². The van der Waals surface area contributed by atoms with Crippen LogP contribution >= 0.6 is 0 Å². The number of hydrogen-bond donors (Lipinski definition) is 1. The largest absolute Gasteiger partial charge is 0.382 e. The standard InChI is InChI=1S/C13H19FN2/c1-16(2)8-7-12-6-4-10-3-5-11(14)9-13(10)15-12/h3,5,9,12,15H,4,6-8H2,1-2H3. The molecule has 0 radical (unpaired) electrons. The minimum Gasteiger partial charge on any atom is -0.382 e. The molecule has 0 aliphatic carbocycles. The van der Waals surface area contributed by atoms with Gasteiger partial charge in [-0.2, -0.15) is 0 Å². The van der Waals surface area contributed by atoms with Gasteiger partial charge < -0.3 is 10.2 Å². The molecule has 3 heteroatoms. The molecular weight excluding hydrogens is 203 g/mol. The highest BCUT2D eigenvalue weighted by molar-refractivity contribution is 5.54. The summed E-state index contributed by atoms with van der Waals surface area (Å²) in [5.74, 6) is -0.153. The van der Waals surface area contributed by atoms with E-state index in [-0.39, 0.29) is 5.82 Å². The number of rotatable bonds is 3. The molecule has 0 aromatic heterocycles. The van der Waals surface area contributed by atoms with Gasteiger partial charge >= 0.3 is 0 Å². The lowest BCUT2D eigenvalue weighted by molar-refractivity contribution is 0.379. The van der Waals surface area contributed by atoms with Crippen LogP contribution in [0, 0.1) is 5.82 Å². The van der Waals surface area contributed by atoms with E-state index in [0.717, 1.165) is 31.5 Å². The molecule has 0 spiro atoms. The molecule has 0 fully saturated rings. The Hall–Kier alpha value is -1.09. The summed E-state index contributed by atoms with van der Waals surface area (Å²) in [5.41, 5.74) is 2.22. The first-order valence-electron chi connectivity index (χ1n) is 5.85. The minimum atomic E-state index is -0.153. The van der Waals surface area contributed by atoms with Crippen molar-refractivity contribution in [3.05, 3.63) is 29.6 Å². The molecular formula is C13H19FN2. The number of halogens is 1. The Bertz CT molecular complexity index is 363. The van der Waals surface area contributed by atoms with Crippen molar-refractivity contribution < 1.29 is 4.39 Å². The van der Waals surface area contributed by atoms with Crippen molar-refractivity contribution in [1.82, 2.24) is 4.90 Å². The monoisotopic (exact) mass is 222 g/mol. The number of benzene rings is 1. The van der Waals surface area contributed by atoms with Gasteiger partial charge in [0, 0.05) is 11.7 Å². The first-order chi connectivity index (χ1) is 7.65. The van der Waals surface area contributed by atoms with E-state index in [1.165, 1.54) is 5.56 Å². The van der Waals surface area contributed by atoms with Crippen LogP contribution in [0.15, 0.2) is 18.2 Å². The third kappa shape index (κ3) is 2.73. The Kier molecular flexibility index (Phi) is 3.44. The summed E-state index contributed by atoms with van der Waals surface area (Å²) in [7, 11) is 4.16. The average Bonchev–Trinajstić information content (AvgIpc) is 2.25. The second kappa shape index (κ2) is 4.83. The van der Waals surface area contributed by atoms with Crippen LogP contribution in [0.5, 0.6) is 0 Å². The maximum absolute atomic E-state index is 13.1. The van der Waals surface area contributed by atoms with Crippen LogP contribution in [-0.2, 0) is 6.42 Å². The van der Waals surface area contributed by atoms with Gasteiger partial charge in [0.15, 0.2) is 0 Å². The highest BCUT2D eigenvalue weighted by atomic mass is 19.1. The summed E-state index contributed by atoms with van der Waals surface area (Å²) in [6.45, 7) is 1.07. The zero-order valence-electron chi connectivity index (χ0n) is 9.96. The fourth-order valence-electron chi connectivity index (χ4n) is 2.15. The fourth-order valence-corrected chi connectivity index (χ4v) is 2.15. The van der Waals surface area contributed by atoms with Crippen molar-refractivity contribution in [1.29, 1.82) is 0 Å². The van der Waals surface area contributed by atoms with E-state index in [1.807, 2.05) is 6.07 Å². The zero-order valence-corrected chi connectivity index (χ0v) is 9.96. The first kappa shape index (κ1) is 11.4. The van der Waals surface area contributed by atoms with Crippen molar-refractivity contribution >= 4 is 5.69 Å². The van der Waals surface area contributed by atoms with Crippen LogP contribution in [-0.4, -0.2) is 31.6 Å². The number of nitrogens with one attached hydrogen (secondary N) is 1. The van der Waals surface area contributed by atoms with Crippen LogP contribution in [0.2, 0.25) is 0 Å². The Labute approximate surface area is 96.5 Å². The molecule has 1 aliphatic heterocycles. The Morgan fingerprint density at radius 2 is 2.25 bits per heavy atom. The van der Waals surface area contributed by atoms with E-state index < -0.39 is 0 Å². The van der Waals surface area contributed by atoms with Crippen LogP contribution in [0.1, 0.15) is 18.4 Å². The Morgan fingerprint density at radius 3 is 3.00 bits per heavy atom. The lowest BCUT2D eigenvalue weighted by atomic mass is 9.96. The van der Waals surface area contributed by atoms with E-state index >= 15 is 0 Å². The van der Waals surface area contributed by atoms with Crippen molar-refractivity contribution in [3.63, 3.8) is 0 Å². The van der Waals surface area contributed by atoms with Crippen molar-refractivity contribution in [2.75, 3.05) is 26.0 Å². The molecule has 0 saturated heterocycles. The first-order valence-corrected chi connectivity index (χ1v) is 5.85. The van der Waals surface area contributed by atoms with Crippen molar-refractivity contribution in [2.45, 2.75) is 25.3 Å². The highest BCUT2D eigenvalue weighted by Gasteiger charge is 2.17. The molecule has 2 nitrogen and oxygen atoms in total.